The molecule has 0 bridgehead atoms. The maximum Gasteiger partial charge on any atom is 0.227 e. The number of nitrogens with zero attached hydrogens (tertiary/aromatic N) is 4. The van der Waals surface area contributed by atoms with Gasteiger partial charge in [0.25, 0.3) is 0 Å². The van der Waals surface area contributed by atoms with Crippen molar-refractivity contribution < 1.29 is 9.18 Å². The quantitative estimate of drug-likeness (QED) is 0.867. The lowest BCUT2D eigenvalue weighted by Gasteiger charge is -2.24. The molecule has 1 atom stereocenters. The van der Waals surface area contributed by atoms with Crippen molar-refractivity contribution in [3.05, 3.63) is 48.0 Å². The number of halogens is 1. The maximum absolute atomic E-state index is 13.5. The van der Waals surface area contributed by atoms with Gasteiger partial charge in [-0.05, 0) is 31.2 Å². The van der Waals surface area contributed by atoms with Gasteiger partial charge < -0.3 is 4.90 Å². The van der Waals surface area contributed by atoms with E-state index < -0.39 is 0 Å². The molecule has 0 radical (unpaired) electrons. The summed E-state index contributed by atoms with van der Waals surface area (Å²) in [4.78, 5) is 16.6. The molecular weight excluding hydrogens is 307 g/mol. The number of anilines is 1. The van der Waals surface area contributed by atoms with Gasteiger partial charge in [0.15, 0.2) is 0 Å². The molecule has 0 aliphatic carbocycles. The number of amides is 1. The number of aromatic nitrogens is 2. The van der Waals surface area contributed by atoms with Gasteiger partial charge in [0.05, 0.1) is 6.20 Å². The summed E-state index contributed by atoms with van der Waals surface area (Å²) < 4.78 is 15.3. The van der Waals surface area contributed by atoms with Gasteiger partial charge in [-0.1, -0.05) is 6.07 Å². The van der Waals surface area contributed by atoms with E-state index in [1.807, 2.05) is 30.2 Å². The number of rotatable bonds is 3. The van der Waals surface area contributed by atoms with Crippen LogP contribution in [0.5, 0.6) is 0 Å². The number of carbonyl (C=O) groups is 1. The van der Waals surface area contributed by atoms with Crippen molar-refractivity contribution in [3.63, 3.8) is 0 Å². The zero-order valence-corrected chi connectivity index (χ0v) is 13.8. The molecule has 1 aromatic carbocycles. The lowest BCUT2D eigenvalue weighted by atomic mass is 9.86. The van der Waals surface area contributed by atoms with Gasteiger partial charge in [-0.3, -0.25) is 14.4 Å². The second kappa shape index (κ2) is 5.70. The molecule has 1 amide bonds. The van der Waals surface area contributed by atoms with Crippen LogP contribution in [0.1, 0.15) is 18.4 Å². The van der Waals surface area contributed by atoms with E-state index in [2.05, 4.69) is 10.00 Å². The Balaban J connectivity index is 1.46. The van der Waals surface area contributed by atoms with Crippen molar-refractivity contribution in [2.45, 2.75) is 19.4 Å². The van der Waals surface area contributed by atoms with E-state index in [0.717, 1.165) is 26.1 Å². The van der Waals surface area contributed by atoms with Gasteiger partial charge in [0, 0.05) is 56.0 Å². The third kappa shape index (κ3) is 2.82. The summed E-state index contributed by atoms with van der Waals surface area (Å²) in [5.74, 6) is -0.199. The Morgan fingerprint density at radius 1 is 1.33 bits per heavy atom. The number of likely N-dealkylation sites (tertiary alicyclic amines) is 1. The van der Waals surface area contributed by atoms with Crippen molar-refractivity contribution in [3.8, 4) is 0 Å². The normalized spacial score (nSPS) is 24.4. The van der Waals surface area contributed by atoms with E-state index in [1.54, 1.807) is 11.0 Å². The molecule has 2 aliphatic rings. The van der Waals surface area contributed by atoms with E-state index in [4.69, 9.17) is 0 Å². The van der Waals surface area contributed by atoms with Crippen LogP contribution in [-0.2, 0) is 18.4 Å². The van der Waals surface area contributed by atoms with Crippen LogP contribution in [0.25, 0.3) is 0 Å². The minimum Gasteiger partial charge on any atom is -0.312 e. The first-order chi connectivity index (χ1) is 11.5. The van der Waals surface area contributed by atoms with Crippen molar-refractivity contribution in [1.82, 2.24) is 14.7 Å². The predicted octanol–water partition coefficient (Wildman–Crippen LogP) is 2.19. The van der Waals surface area contributed by atoms with Gasteiger partial charge >= 0.3 is 0 Å². The second-order valence-corrected chi connectivity index (χ2v) is 7.12. The summed E-state index contributed by atoms with van der Waals surface area (Å²) in [6.07, 6.45) is 5.48. The molecule has 1 aromatic heterocycles. The molecular formula is C18H21FN4O. The number of benzene rings is 1. The molecule has 3 heterocycles. The highest BCUT2D eigenvalue weighted by Crippen LogP contribution is 2.42. The summed E-state index contributed by atoms with van der Waals surface area (Å²) >= 11 is 0. The molecule has 5 nitrogen and oxygen atoms in total. The van der Waals surface area contributed by atoms with E-state index in [0.29, 0.717) is 18.7 Å². The average molecular weight is 328 g/mol. The van der Waals surface area contributed by atoms with Crippen LogP contribution in [-0.4, -0.2) is 40.2 Å². The Morgan fingerprint density at radius 3 is 2.96 bits per heavy atom. The molecule has 2 fully saturated rings. The Morgan fingerprint density at radius 2 is 2.21 bits per heavy atom. The summed E-state index contributed by atoms with van der Waals surface area (Å²) in [5, 5.41) is 4.21. The molecule has 2 aromatic rings. The Kier molecular flexibility index (Phi) is 3.64. The molecule has 24 heavy (non-hydrogen) atoms. The fourth-order valence-electron chi connectivity index (χ4n) is 4.02. The van der Waals surface area contributed by atoms with E-state index in [9.17, 15) is 9.18 Å². The summed E-state index contributed by atoms with van der Waals surface area (Å²) in [7, 11) is 1.92. The lowest BCUT2D eigenvalue weighted by Crippen LogP contribution is -2.31. The summed E-state index contributed by atoms with van der Waals surface area (Å²) in [6, 6.07) is 6.32. The van der Waals surface area contributed by atoms with Crippen LogP contribution < -0.4 is 4.90 Å². The van der Waals surface area contributed by atoms with Crippen LogP contribution in [0, 0.1) is 11.2 Å². The van der Waals surface area contributed by atoms with E-state index in [-0.39, 0.29) is 17.1 Å². The molecule has 126 valence electrons. The van der Waals surface area contributed by atoms with Crippen molar-refractivity contribution in [2.24, 2.45) is 12.5 Å². The van der Waals surface area contributed by atoms with Crippen molar-refractivity contribution in [2.75, 3.05) is 24.5 Å². The number of aryl methyl sites for hydroxylation is 1. The zero-order valence-electron chi connectivity index (χ0n) is 13.8. The summed E-state index contributed by atoms with van der Waals surface area (Å²) in [5.41, 5.74) is 1.86. The zero-order chi connectivity index (χ0) is 16.7. The molecule has 6 heteroatoms. The number of hydrogen-bond donors (Lipinski definition) is 0. The predicted molar refractivity (Wildman–Crippen MR) is 88.9 cm³/mol. The average Bonchev–Trinajstić information content (AvgIpc) is 3.21. The number of carbonyl (C=O) groups excluding carboxylic acids is 1. The van der Waals surface area contributed by atoms with Gasteiger partial charge in [0.1, 0.15) is 5.82 Å². The van der Waals surface area contributed by atoms with Gasteiger partial charge in [-0.25, -0.2) is 4.39 Å². The van der Waals surface area contributed by atoms with Crippen molar-refractivity contribution >= 4 is 11.6 Å². The Bertz CT molecular complexity index is 774. The van der Waals surface area contributed by atoms with Crippen LogP contribution in [0.3, 0.4) is 0 Å². The monoisotopic (exact) mass is 328 g/mol. The minimum atomic E-state index is -0.300. The SMILES string of the molecule is Cn1cc(CN2CC[C@]3(CC(=O)N(c4cccc(F)c4)C3)C2)cn1. The van der Waals surface area contributed by atoms with Gasteiger partial charge in [-0.15, -0.1) is 0 Å². The fourth-order valence-corrected chi connectivity index (χ4v) is 4.02. The highest BCUT2D eigenvalue weighted by atomic mass is 19.1. The molecule has 2 saturated heterocycles. The van der Waals surface area contributed by atoms with Crippen LogP contribution >= 0.6 is 0 Å². The number of hydrogen-bond acceptors (Lipinski definition) is 3. The first-order valence-corrected chi connectivity index (χ1v) is 8.29. The third-order valence-corrected chi connectivity index (χ3v) is 5.12. The van der Waals surface area contributed by atoms with Gasteiger partial charge in [-0.2, -0.15) is 5.10 Å². The molecule has 0 saturated carbocycles. The van der Waals surface area contributed by atoms with Crippen LogP contribution in [0.15, 0.2) is 36.7 Å². The summed E-state index contributed by atoms with van der Waals surface area (Å²) in [6.45, 7) is 3.43. The molecule has 4 rings (SSSR count). The highest BCUT2D eigenvalue weighted by molar-refractivity contribution is 5.96. The fraction of sp³-hybridized carbons (Fsp3) is 0.444. The molecule has 2 aliphatic heterocycles. The molecule has 0 unspecified atom stereocenters. The molecule has 0 N–H and O–H groups in total. The molecule has 1 spiro atoms. The van der Waals surface area contributed by atoms with E-state index in [1.165, 1.54) is 17.7 Å². The largest absolute Gasteiger partial charge is 0.312 e. The minimum absolute atomic E-state index is 0.00832. The lowest BCUT2D eigenvalue weighted by molar-refractivity contribution is -0.117. The van der Waals surface area contributed by atoms with Crippen molar-refractivity contribution in [1.29, 1.82) is 0 Å². The second-order valence-electron chi connectivity index (χ2n) is 7.12. The Labute approximate surface area is 140 Å². The van der Waals surface area contributed by atoms with E-state index >= 15 is 0 Å². The Hall–Kier alpha value is -2.21. The smallest absolute Gasteiger partial charge is 0.227 e. The van der Waals surface area contributed by atoms with Gasteiger partial charge in [0.2, 0.25) is 5.91 Å². The highest BCUT2D eigenvalue weighted by Gasteiger charge is 2.47. The standard InChI is InChI=1S/C18H21FN4O/c1-21-10-14(9-20-21)11-22-6-5-18(12-22)8-17(24)23(13-18)16-4-2-3-15(19)7-16/h2-4,7,9-10H,5-6,8,11-13H2,1H3/t18-/m0/s1. The first kappa shape index (κ1) is 15.3. The third-order valence-electron chi connectivity index (χ3n) is 5.12. The maximum atomic E-state index is 13.5. The first-order valence-electron chi connectivity index (χ1n) is 8.29. The van der Waals surface area contributed by atoms with Crippen LogP contribution in [0.4, 0.5) is 10.1 Å². The topological polar surface area (TPSA) is 41.4 Å². The van der Waals surface area contributed by atoms with Crippen LogP contribution in [0.2, 0.25) is 0 Å².